The summed E-state index contributed by atoms with van der Waals surface area (Å²) in [6.45, 7) is 2.72. The number of ether oxygens (including phenoxy) is 3. The molecule has 1 aromatic heterocycles. The molecule has 1 fully saturated rings. The average molecular weight is 355 g/mol. The number of carbonyl (C=O) groups excluding carboxylic acids is 1. The van der Waals surface area contributed by atoms with E-state index in [0.29, 0.717) is 43.4 Å². The van der Waals surface area contributed by atoms with Crippen LogP contribution in [0.5, 0.6) is 11.5 Å². The van der Waals surface area contributed by atoms with E-state index in [1.165, 1.54) is 0 Å². The largest absolute Gasteiger partial charge is 0.486 e. The Kier molecular flexibility index (Phi) is 4.97. The minimum absolute atomic E-state index is 0.214. The minimum atomic E-state index is -0.214. The highest BCUT2D eigenvalue weighted by atomic mass is 16.6. The molecular weight excluding hydrogens is 334 g/mol. The molecule has 136 valence electrons. The normalized spacial score (nSPS) is 19.0. The lowest BCUT2D eigenvalue weighted by Gasteiger charge is -2.21. The molecule has 0 unspecified atom stereocenters. The van der Waals surface area contributed by atoms with Crippen LogP contribution in [0.3, 0.4) is 0 Å². The van der Waals surface area contributed by atoms with Gasteiger partial charge in [-0.05, 0) is 31.0 Å². The number of hydrogen-bond acceptors (Lipinski definition) is 6. The van der Waals surface area contributed by atoms with Crippen molar-refractivity contribution in [2.45, 2.75) is 25.3 Å². The van der Waals surface area contributed by atoms with E-state index in [9.17, 15) is 4.79 Å². The van der Waals surface area contributed by atoms with Crippen molar-refractivity contribution < 1.29 is 19.0 Å². The Bertz CT molecular complexity index is 790. The van der Waals surface area contributed by atoms with Crippen LogP contribution in [-0.4, -0.2) is 42.3 Å². The Morgan fingerprint density at radius 3 is 3.00 bits per heavy atom. The number of nitrogens with zero attached hydrogens (tertiary/aromatic N) is 2. The van der Waals surface area contributed by atoms with E-state index < -0.39 is 0 Å². The molecule has 2 aliphatic heterocycles. The van der Waals surface area contributed by atoms with E-state index in [1.54, 1.807) is 24.4 Å². The van der Waals surface area contributed by atoms with Crippen LogP contribution in [0, 0.1) is 0 Å². The third-order valence-electron chi connectivity index (χ3n) is 4.50. The van der Waals surface area contributed by atoms with Crippen molar-refractivity contribution >= 4 is 5.91 Å². The summed E-state index contributed by atoms with van der Waals surface area (Å²) in [7, 11) is 0. The first-order valence-corrected chi connectivity index (χ1v) is 8.87. The van der Waals surface area contributed by atoms with Gasteiger partial charge in [0.15, 0.2) is 11.5 Å². The lowest BCUT2D eigenvalue weighted by atomic mass is 10.0. The van der Waals surface area contributed by atoms with Gasteiger partial charge in [0.1, 0.15) is 19.0 Å². The number of carbonyl (C=O) groups is 1. The summed E-state index contributed by atoms with van der Waals surface area (Å²) >= 11 is 0. The molecule has 1 amide bonds. The Labute approximate surface area is 151 Å². The number of aromatic nitrogens is 2. The maximum absolute atomic E-state index is 12.6. The highest BCUT2D eigenvalue weighted by molar-refractivity contribution is 5.97. The van der Waals surface area contributed by atoms with Crippen LogP contribution < -0.4 is 14.8 Å². The van der Waals surface area contributed by atoms with Crippen LogP contribution in [0.1, 0.15) is 40.6 Å². The molecule has 1 atom stereocenters. The van der Waals surface area contributed by atoms with Crippen LogP contribution >= 0.6 is 0 Å². The minimum Gasteiger partial charge on any atom is -0.486 e. The first-order valence-electron chi connectivity index (χ1n) is 8.87. The summed E-state index contributed by atoms with van der Waals surface area (Å²) in [5.41, 5.74) is 1.24. The molecule has 1 aromatic carbocycles. The summed E-state index contributed by atoms with van der Waals surface area (Å²) in [4.78, 5) is 21.5. The van der Waals surface area contributed by atoms with E-state index in [1.807, 2.05) is 6.07 Å². The highest BCUT2D eigenvalue weighted by Gasteiger charge is 2.21. The van der Waals surface area contributed by atoms with Gasteiger partial charge >= 0.3 is 0 Å². The molecular formula is C19H21N3O4. The Balaban J connectivity index is 1.43. The number of para-hydroxylation sites is 1. The van der Waals surface area contributed by atoms with Crippen molar-refractivity contribution in [2.75, 3.05) is 26.4 Å². The number of fused-ring (bicyclic) bond motifs is 1. The lowest BCUT2D eigenvalue weighted by Crippen LogP contribution is -2.26. The van der Waals surface area contributed by atoms with E-state index in [-0.39, 0.29) is 11.8 Å². The SMILES string of the molecule is O=C(NCc1ccnc([C@H]2CCCOC2)n1)c1cccc2c1OCCO2. The van der Waals surface area contributed by atoms with E-state index in [4.69, 9.17) is 14.2 Å². The molecule has 4 rings (SSSR count). The second kappa shape index (κ2) is 7.70. The van der Waals surface area contributed by atoms with E-state index >= 15 is 0 Å². The van der Waals surface area contributed by atoms with Crippen LogP contribution in [0.2, 0.25) is 0 Å². The first-order chi connectivity index (χ1) is 12.8. The maximum Gasteiger partial charge on any atom is 0.255 e. The van der Waals surface area contributed by atoms with Gasteiger partial charge in [-0.15, -0.1) is 0 Å². The zero-order valence-electron chi connectivity index (χ0n) is 14.4. The lowest BCUT2D eigenvalue weighted by molar-refractivity contribution is 0.0779. The summed E-state index contributed by atoms with van der Waals surface area (Å²) in [6.07, 6.45) is 3.79. The Morgan fingerprint density at radius 2 is 2.12 bits per heavy atom. The van der Waals surface area contributed by atoms with Crippen molar-refractivity contribution in [3.8, 4) is 11.5 Å². The molecule has 1 saturated heterocycles. The molecule has 7 heteroatoms. The van der Waals surface area contributed by atoms with Gasteiger partial charge in [-0.2, -0.15) is 0 Å². The van der Waals surface area contributed by atoms with Gasteiger partial charge in [0, 0.05) is 18.7 Å². The fraction of sp³-hybridized carbons (Fsp3) is 0.421. The zero-order valence-corrected chi connectivity index (χ0v) is 14.4. The summed E-state index contributed by atoms with van der Waals surface area (Å²) in [6, 6.07) is 7.13. The second-order valence-corrected chi connectivity index (χ2v) is 6.33. The summed E-state index contributed by atoms with van der Waals surface area (Å²) in [5.74, 6) is 1.90. The molecule has 0 radical (unpaired) electrons. The second-order valence-electron chi connectivity index (χ2n) is 6.33. The van der Waals surface area contributed by atoms with Crippen molar-refractivity contribution in [2.24, 2.45) is 0 Å². The van der Waals surface area contributed by atoms with Crippen LogP contribution in [0.4, 0.5) is 0 Å². The van der Waals surface area contributed by atoms with Gasteiger partial charge in [-0.1, -0.05) is 6.07 Å². The predicted octanol–water partition coefficient (Wildman–Crippen LogP) is 2.07. The summed E-state index contributed by atoms with van der Waals surface area (Å²) < 4.78 is 16.6. The number of nitrogens with one attached hydrogen (secondary N) is 1. The quantitative estimate of drug-likeness (QED) is 0.904. The van der Waals surface area contributed by atoms with E-state index in [2.05, 4.69) is 15.3 Å². The van der Waals surface area contributed by atoms with Gasteiger partial charge in [0.25, 0.3) is 5.91 Å². The molecule has 26 heavy (non-hydrogen) atoms. The monoisotopic (exact) mass is 355 g/mol. The molecule has 2 aliphatic rings. The first kappa shape index (κ1) is 16.8. The molecule has 0 bridgehead atoms. The van der Waals surface area contributed by atoms with Crippen molar-refractivity contribution in [3.05, 3.63) is 47.5 Å². The number of amides is 1. The fourth-order valence-corrected chi connectivity index (χ4v) is 3.17. The molecule has 7 nitrogen and oxygen atoms in total. The van der Waals surface area contributed by atoms with Crippen LogP contribution in [-0.2, 0) is 11.3 Å². The third kappa shape index (κ3) is 3.62. The van der Waals surface area contributed by atoms with Crippen LogP contribution in [0.25, 0.3) is 0 Å². The number of rotatable bonds is 4. The van der Waals surface area contributed by atoms with Gasteiger partial charge < -0.3 is 19.5 Å². The molecule has 0 aliphatic carbocycles. The standard InChI is InChI=1S/C19H21N3O4/c23-19(15-4-1-5-16-17(15)26-10-9-25-16)21-11-14-6-7-20-18(22-14)13-3-2-8-24-12-13/h1,4-7,13H,2-3,8-12H2,(H,21,23)/t13-/m0/s1. The molecule has 2 aromatic rings. The third-order valence-corrected chi connectivity index (χ3v) is 4.50. The predicted molar refractivity (Wildman–Crippen MR) is 93.4 cm³/mol. The molecule has 0 spiro atoms. The van der Waals surface area contributed by atoms with Gasteiger partial charge in [-0.3, -0.25) is 4.79 Å². The van der Waals surface area contributed by atoms with Crippen molar-refractivity contribution in [1.82, 2.24) is 15.3 Å². The fourth-order valence-electron chi connectivity index (χ4n) is 3.17. The summed E-state index contributed by atoms with van der Waals surface area (Å²) in [5, 5.41) is 2.90. The topological polar surface area (TPSA) is 82.6 Å². The smallest absolute Gasteiger partial charge is 0.255 e. The van der Waals surface area contributed by atoms with Gasteiger partial charge in [-0.25, -0.2) is 9.97 Å². The Hall–Kier alpha value is -2.67. The van der Waals surface area contributed by atoms with Crippen molar-refractivity contribution in [1.29, 1.82) is 0 Å². The molecule has 0 saturated carbocycles. The maximum atomic E-state index is 12.6. The zero-order chi connectivity index (χ0) is 17.8. The molecule has 3 heterocycles. The average Bonchev–Trinajstić information content (AvgIpc) is 2.72. The van der Waals surface area contributed by atoms with Crippen LogP contribution in [0.15, 0.2) is 30.5 Å². The molecule has 1 N–H and O–H groups in total. The number of hydrogen-bond donors (Lipinski definition) is 1. The number of benzene rings is 1. The van der Waals surface area contributed by atoms with E-state index in [0.717, 1.165) is 31.0 Å². The highest BCUT2D eigenvalue weighted by Crippen LogP contribution is 2.33. The Morgan fingerprint density at radius 1 is 1.19 bits per heavy atom. The van der Waals surface area contributed by atoms with Gasteiger partial charge in [0.05, 0.1) is 24.4 Å². The van der Waals surface area contributed by atoms with Gasteiger partial charge in [0.2, 0.25) is 0 Å². The van der Waals surface area contributed by atoms with Crippen molar-refractivity contribution in [3.63, 3.8) is 0 Å².